The largest absolute Gasteiger partial charge is 0.328 e. The Morgan fingerprint density at radius 1 is 1.13 bits per heavy atom. The van der Waals surface area contributed by atoms with Crippen molar-refractivity contribution in [1.82, 2.24) is 19.2 Å². The molecule has 2 aromatic rings. The summed E-state index contributed by atoms with van der Waals surface area (Å²) in [6.45, 7) is 1.08. The van der Waals surface area contributed by atoms with Crippen LogP contribution in [0.1, 0.15) is 6.42 Å². The monoisotopic (exact) mass is 426 g/mol. The van der Waals surface area contributed by atoms with Gasteiger partial charge in [-0.1, -0.05) is 0 Å². The number of aromatic nitrogens is 2. The molecule has 1 aromatic carbocycles. The summed E-state index contributed by atoms with van der Waals surface area (Å²) >= 11 is 3.29. The summed E-state index contributed by atoms with van der Waals surface area (Å²) < 4.78 is 30.7. The number of nitrogens with one attached hydrogen (secondary N) is 2. The molecule has 0 fully saturated rings. The Bertz CT molecular complexity index is 860. The minimum atomic E-state index is -3.63. The number of nitrogens with zero attached hydrogens (tertiary/aromatic N) is 2. The van der Waals surface area contributed by atoms with Gasteiger partial charge in [0.15, 0.2) is 0 Å². The van der Waals surface area contributed by atoms with Crippen molar-refractivity contribution in [3.63, 3.8) is 0 Å². The smallest absolute Gasteiger partial charge is 0.320 e. The van der Waals surface area contributed by atoms with Crippen LogP contribution in [-0.4, -0.2) is 37.7 Å². The molecule has 0 radical (unpaired) electrons. The standard InChI is InChI=1S/C13H19BrN4O3S.ClH/c1-15-5-4-6-16-22(20,21)12-8-11-10(7-9(12)14)17(2)13(19)18(11)3;/h7-8,15-16H,4-6H2,1-3H3;1H. The van der Waals surface area contributed by atoms with E-state index < -0.39 is 10.0 Å². The second-order valence-corrected chi connectivity index (χ2v) is 7.62. The molecule has 1 aromatic heterocycles. The fourth-order valence-corrected chi connectivity index (χ4v) is 4.38. The van der Waals surface area contributed by atoms with Gasteiger partial charge in [-0.3, -0.25) is 9.13 Å². The highest BCUT2D eigenvalue weighted by molar-refractivity contribution is 9.10. The summed E-state index contributed by atoms with van der Waals surface area (Å²) in [5.74, 6) is 0. The highest BCUT2D eigenvalue weighted by Crippen LogP contribution is 2.27. The first-order valence-corrected chi connectivity index (χ1v) is 9.06. The summed E-state index contributed by atoms with van der Waals surface area (Å²) in [7, 11) is 1.46. The number of sulfonamides is 1. The maximum Gasteiger partial charge on any atom is 0.328 e. The van der Waals surface area contributed by atoms with Crippen molar-refractivity contribution in [3.8, 4) is 0 Å². The molecule has 0 aliphatic carbocycles. The number of benzene rings is 1. The number of aryl methyl sites for hydroxylation is 2. The average molecular weight is 428 g/mol. The van der Waals surface area contributed by atoms with Gasteiger partial charge in [0.1, 0.15) is 0 Å². The molecule has 0 aliphatic heterocycles. The molecule has 0 saturated heterocycles. The van der Waals surface area contributed by atoms with Crippen molar-refractivity contribution >= 4 is 49.4 Å². The van der Waals surface area contributed by atoms with Crippen LogP contribution in [-0.2, 0) is 24.1 Å². The highest BCUT2D eigenvalue weighted by atomic mass is 79.9. The minimum Gasteiger partial charge on any atom is -0.320 e. The van der Waals surface area contributed by atoms with E-state index in [0.717, 1.165) is 6.54 Å². The lowest BCUT2D eigenvalue weighted by atomic mass is 10.3. The molecular formula is C13H20BrClN4O3S. The summed E-state index contributed by atoms with van der Waals surface area (Å²) in [6.07, 6.45) is 0.694. The zero-order valence-corrected chi connectivity index (χ0v) is 16.3. The van der Waals surface area contributed by atoms with Crippen LogP contribution in [0, 0.1) is 0 Å². The lowest BCUT2D eigenvalue weighted by Crippen LogP contribution is -2.27. The third kappa shape index (κ3) is 3.97. The second kappa shape index (κ2) is 7.80. The molecule has 23 heavy (non-hydrogen) atoms. The van der Waals surface area contributed by atoms with Gasteiger partial charge in [-0.25, -0.2) is 17.9 Å². The Morgan fingerprint density at radius 3 is 2.26 bits per heavy atom. The molecule has 0 bridgehead atoms. The van der Waals surface area contributed by atoms with Crippen LogP contribution in [0.4, 0.5) is 0 Å². The molecule has 0 amide bonds. The van der Waals surface area contributed by atoms with Gasteiger partial charge in [0, 0.05) is 25.1 Å². The summed E-state index contributed by atoms with van der Waals surface area (Å²) in [4.78, 5) is 12.1. The fourth-order valence-electron chi connectivity index (χ4n) is 2.26. The first kappa shape index (κ1) is 20.2. The van der Waals surface area contributed by atoms with E-state index in [1.807, 2.05) is 7.05 Å². The predicted molar refractivity (Wildman–Crippen MR) is 96.8 cm³/mol. The number of rotatable bonds is 6. The summed E-state index contributed by atoms with van der Waals surface area (Å²) in [5, 5.41) is 2.96. The molecule has 130 valence electrons. The third-order valence-corrected chi connectivity index (χ3v) is 5.93. The van der Waals surface area contributed by atoms with E-state index in [9.17, 15) is 13.2 Å². The number of imidazole rings is 1. The van der Waals surface area contributed by atoms with Crippen LogP contribution in [0.3, 0.4) is 0 Å². The topological polar surface area (TPSA) is 85.1 Å². The first-order chi connectivity index (χ1) is 10.3. The summed E-state index contributed by atoms with van der Waals surface area (Å²) in [5.41, 5.74) is 1.05. The molecule has 1 heterocycles. The molecule has 10 heteroatoms. The van der Waals surface area contributed by atoms with E-state index in [4.69, 9.17) is 0 Å². The highest BCUT2D eigenvalue weighted by Gasteiger charge is 2.20. The van der Waals surface area contributed by atoms with Gasteiger partial charge in [0.25, 0.3) is 0 Å². The van der Waals surface area contributed by atoms with Crippen LogP contribution in [0.2, 0.25) is 0 Å². The number of hydrogen-bond acceptors (Lipinski definition) is 4. The van der Waals surface area contributed by atoms with Crippen LogP contribution in [0.15, 0.2) is 26.3 Å². The van der Waals surface area contributed by atoms with E-state index in [-0.39, 0.29) is 23.0 Å². The van der Waals surface area contributed by atoms with Gasteiger partial charge >= 0.3 is 5.69 Å². The molecule has 0 unspecified atom stereocenters. The van der Waals surface area contributed by atoms with Crippen molar-refractivity contribution in [3.05, 3.63) is 27.1 Å². The fraction of sp³-hybridized carbons (Fsp3) is 0.462. The quantitative estimate of drug-likeness (QED) is 0.672. The molecular weight excluding hydrogens is 408 g/mol. The van der Waals surface area contributed by atoms with E-state index in [0.29, 0.717) is 28.5 Å². The van der Waals surface area contributed by atoms with Gasteiger partial charge in [-0.15, -0.1) is 12.4 Å². The van der Waals surface area contributed by atoms with Gasteiger partial charge in [-0.05, 0) is 48.1 Å². The first-order valence-electron chi connectivity index (χ1n) is 6.79. The van der Waals surface area contributed by atoms with Crippen molar-refractivity contribution in [1.29, 1.82) is 0 Å². The van der Waals surface area contributed by atoms with E-state index in [1.165, 1.54) is 15.2 Å². The van der Waals surface area contributed by atoms with Crippen molar-refractivity contribution < 1.29 is 8.42 Å². The maximum absolute atomic E-state index is 12.4. The molecule has 7 nitrogen and oxygen atoms in total. The van der Waals surface area contributed by atoms with Crippen LogP contribution in [0.5, 0.6) is 0 Å². The Morgan fingerprint density at radius 2 is 1.70 bits per heavy atom. The van der Waals surface area contributed by atoms with Gasteiger partial charge in [0.2, 0.25) is 10.0 Å². The molecule has 0 atom stereocenters. The molecule has 2 rings (SSSR count). The van der Waals surface area contributed by atoms with E-state index in [1.54, 1.807) is 20.2 Å². The minimum absolute atomic E-state index is 0. The predicted octanol–water partition coefficient (Wildman–Crippen LogP) is 0.949. The van der Waals surface area contributed by atoms with Gasteiger partial charge in [-0.2, -0.15) is 0 Å². The lowest BCUT2D eigenvalue weighted by Gasteiger charge is -2.09. The van der Waals surface area contributed by atoms with Crippen LogP contribution in [0.25, 0.3) is 11.0 Å². The Hall–Kier alpha value is -0.870. The average Bonchev–Trinajstić information content (AvgIpc) is 2.67. The van der Waals surface area contributed by atoms with Gasteiger partial charge < -0.3 is 5.32 Å². The third-order valence-electron chi connectivity index (χ3n) is 3.51. The number of hydrogen-bond donors (Lipinski definition) is 2. The lowest BCUT2D eigenvalue weighted by molar-refractivity contribution is 0.577. The van der Waals surface area contributed by atoms with Gasteiger partial charge in [0.05, 0.1) is 15.9 Å². The molecule has 0 aliphatic rings. The Balaban J connectivity index is 0.00000264. The zero-order chi connectivity index (χ0) is 16.5. The summed E-state index contributed by atoms with van der Waals surface area (Å²) in [6, 6.07) is 3.17. The normalized spacial score (nSPS) is 11.7. The zero-order valence-electron chi connectivity index (χ0n) is 13.1. The molecule has 0 saturated carbocycles. The van der Waals surface area contributed by atoms with E-state index >= 15 is 0 Å². The van der Waals surface area contributed by atoms with E-state index in [2.05, 4.69) is 26.0 Å². The van der Waals surface area contributed by atoms with Crippen molar-refractivity contribution in [2.24, 2.45) is 14.1 Å². The van der Waals surface area contributed by atoms with Crippen LogP contribution < -0.4 is 15.7 Å². The van der Waals surface area contributed by atoms with Crippen molar-refractivity contribution in [2.75, 3.05) is 20.1 Å². The molecule has 2 N–H and O–H groups in total. The number of fused-ring (bicyclic) bond motifs is 1. The maximum atomic E-state index is 12.4. The van der Waals surface area contributed by atoms with Crippen molar-refractivity contribution in [2.45, 2.75) is 11.3 Å². The second-order valence-electron chi connectivity index (χ2n) is 5.03. The Labute approximate surface area is 149 Å². The number of halogens is 2. The van der Waals surface area contributed by atoms with Crippen LogP contribution >= 0.6 is 28.3 Å². The SMILES string of the molecule is CNCCCNS(=O)(=O)c1cc2c(cc1Br)n(C)c(=O)n2C.Cl. The Kier molecular flexibility index (Phi) is 6.84. The molecule has 0 spiro atoms.